The summed E-state index contributed by atoms with van der Waals surface area (Å²) in [5.41, 5.74) is -0.349. The van der Waals surface area contributed by atoms with E-state index in [2.05, 4.69) is 5.32 Å². The van der Waals surface area contributed by atoms with E-state index in [0.717, 1.165) is 6.42 Å². The molecule has 0 aromatic heterocycles. The van der Waals surface area contributed by atoms with Gasteiger partial charge in [0.25, 0.3) is 5.69 Å². The number of non-ortho nitro benzene ring substituents is 1. The van der Waals surface area contributed by atoms with E-state index in [1.807, 2.05) is 6.92 Å². The summed E-state index contributed by atoms with van der Waals surface area (Å²) in [7, 11) is 0. The summed E-state index contributed by atoms with van der Waals surface area (Å²) in [6.45, 7) is 7.75. The number of carbonyl (C=O) groups is 1. The largest absolute Gasteiger partial charge is 0.491 e. The van der Waals surface area contributed by atoms with Crippen LogP contribution in [0.4, 0.5) is 11.4 Å². The van der Waals surface area contributed by atoms with Crippen molar-refractivity contribution in [1.29, 1.82) is 0 Å². The Kier molecular flexibility index (Phi) is 5.07. The van der Waals surface area contributed by atoms with Gasteiger partial charge in [-0.25, -0.2) is 0 Å². The van der Waals surface area contributed by atoms with Gasteiger partial charge in [-0.15, -0.1) is 0 Å². The molecule has 0 fully saturated rings. The van der Waals surface area contributed by atoms with Gasteiger partial charge in [-0.05, 0) is 12.5 Å². The number of nitrogens with zero attached hydrogens (tertiary/aromatic N) is 1. The van der Waals surface area contributed by atoms with Gasteiger partial charge in [-0.3, -0.25) is 14.9 Å². The van der Waals surface area contributed by atoms with Crippen LogP contribution in [0.25, 0.3) is 0 Å². The van der Waals surface area contributed by atoms with Crippen LogP contribution in [0.3, 0.4) is 0 Å². The lowest BCUT2D eigenvalue weighted by molar-refractivity contribution is -0.384. The second kappa shape index (κ2) is 6.36. The van der Waals surface area contributed by atoms with Gasteiger partial charge in [0.1, 0.15) is 5.75 Å². The van der Waals surface area contributed by atoms with Crippen molar-refractivity contribution in [2.45, 2.75) is 34.1 Å². The van der Waals surface area contributed by atoms with Gasteiger partial charge in [0.2, 0.25) is 5.91 Å². The quantitative estimate of drug-likeness (QED) is 0.662. The van der Waals surface area contributed by atoms with Crippen LogP contribution >= 0.6 is 0 Å². The summed E-state index contributed by atoms with van der Waals surface area (Å²) in [5, 5.41) is 13.5. The Morgan fingerprint density at radius 1 is 1.40 bits per heavy atom. The van der Waals surface area contributed by atoms with Gasteiger partial charge in [-0.1, -0.05) is 27.7 Å². The van der Waals surface area contributed by atoms with E-state index in [-0.39, 0.29) is 11.6 Å². The molecule has 0 unspecified atom stereocenters. The average molecular weight is 280 g/mol. The van der Waals surface area contributed by atoms with E-state index >= 15 is 0 Å². The third kappa shape index (κ3) is 4.22. The molecule has 1 N–H and O–H groups in total. The predicted molar refractivity (Wildman–Crippen MR) is 77.0 cm³/mol. The highest BCUT2D eigenvalue weighted by Crippen LogP contribution is 2.30. The molecule has 0 saturated heterocycles. The SMILES string of the molecule is CCCOc1ccc([N+](=O)[O-])cc1NC(=O)C(C)(C)C. The number of nitro benzene ring substituents is 1. The summed E-state index contributed by atoms with van der Waals surface area (Å²) in [5.74, 6) is 0.217. The number of hydrogen-bond donors (Lipinski definition) is 1. The molecule has 0 aliphatic heterocycles. The van der Waals surface area contributed by atoms with Gasteiger partial charge in [-0.2, -0.15) is 0 Å². The van der Waals surface area contributed by atoms with E-state index in [4.69, 9.17) is 4.74 Å². The molecule has 1 aromatic carbocycles. The lowest BCUT2D eigenvalue weighted by atomic mass is 9.95. The Morgan fingerprint density at radius 2 is 2.05 bits per heavy atom. The molecular weight excluding hydrogens is 260 g/mol. The molecule has 1 rings (SSSR count). The fourth-order valence-corrected chi connectivity index (χ4v) is 1.38. The number of nitrogens with one attached hydrogen (secondary N) is 1. The maximum absolute atomic E-state index is 12.0. The zero-order chi connectivity index (χ0) is 15.3. The maximum Gasteiger partial charge on any atom is 0.271 e. The van der Waals surface area contributed by atoms with Crippen molar-refractivity contribution < 1.29 is 14.5 Å². The average Bonchev–Trinajstić information content (AvgIpc) is 2.35. The van der Waals surface area contributed by atoms with Crippen molar-refractivity contribution in [2.24, 2.45) is 5.41 Å². The molecule has 20 heavy (non-hydrogen) atoms. The summed E-state index contributed by atoms with van der Waals surface area (Å²) in [6, 6.07) is 4.18. The van der Waals surface area contributed by atoms with Crippen molar-refractivity contribution in [1.82, 2.24) is 0 Å². The number of carbonyl (C=O) groups excluding carboxylic acids is 1. The van der Waals surface area contributed by atoms with Crippen molar-refractivity contribution >= 4 is 17.3 Å². The molecular formula is C14H20N2O4. The van der Waals surface area contributed by atoms with Crippen LogP contribution in [0, 0.1) is 15.5 Å². The Bertz CT molecular complexity index is 506. The number of ether oxygens (including phenoxy) is 1. The lowest BCUT2D eigenvalue weighted by Crippen LogP contribution is -2.27. The number of amides is 1. The van der Waals surface area contributed by atoms with Gasteiger partial charge in [0.15, 0.2) is 0 Å². The van der Waals surface area contributed by atoms with Crippen LogP contribution in [0.2, 0.25) is 0 Å². The first-order chi connectivity index (χ1) is 9.25. The van der Waals surface area contributed by atoms with E-state index in [0.29, 0.717) is 18.0 Å². The maximum atomic E-state index is 12.0. The van der Waals surface area contributed by atoms with Crippen LogP contribution in [-0.2, 0) is 4.79 Å². The molecule has 110 valence electrons. The fourth-order valence-electron chi connectivity index (χ4n) is 1.38. The first-order valence-electron chi connectivity index (χ1n) is 6.48. The number of hydrogen-bond acceptors (Lipinski definition) is 4. The van der Waals surface area contributed by atoms with Gasteiger partial charge in [0, 0.05) is 17.5 Å². The minimum absolute atomic E-state index is 0.0851. The van der Waals surface area contributed by atoms with Crippen molar-refractivity contribution in [2.75, 3.05) is 11.9 Å². The minimum Gasteiger partial charge on any atom is -0.491 e. The minimum atomic E-state index is -0.591. The molecule has 6 nitrogen and oxygen atoms in total. The number of anilines is 1. The Morgan fingerprint density at radius 3 is 2.55 bits per heavy atom. The van der Waals surface area contributed by atoms with E-state index in [9.17, 15) is 14.9 Å². The first kappa shape index (κ1) is 15.9. The molecule has 0 saturated carbocycles. The van der Waals surface area contributed by atoms with E-state index in [1.165, 1.54) is 18.2 Å². The van der Waals surface area contributed by atoms with Gasteiger partial charge >= 0.3 is 0 Å². The molecule has 0 aliphatic carbocycles. The van der Waals surface area contributed by atoms with Crippen molar-refractivity contribution in [3.8, 4) is 5.75 Å². The zero-order valence-corrected chi connectivity index (χ0v) is 12.2. The predicted octanol–water partition coefficient (Wildman–Crippen LogP) is 3.37. The standard InChI is InChI=1S/C14H20N2O4/c1-5-8-20-12-7-6-10(16(18)19)9-11(12)15-13(17)14(2,3)4/h6-7,9H,5,8H2,1-4H3,(H,15,17). The lowest BCUT2D eigenvalue weighted by Gasteiger charge is -2.19. The second-order valence-electron chi connectivity index (χ2n) is 5.49. The molecule has 0 atom stereocenters. The Hall–Kier alpha value is -2.11. The second-order valence-corrected chi connectivity index (χ2v) is 5.49. The molecule has 0 aliphatic rings. The van der Waals surface area contributed by atoms with Crippen LogP contribution in [0.15, 0.2) is 18.2 Å². The fraction of sp³-hybridized carbons (Fsp3) is 0.500. The Labute approximate surface area is 118 Å². The van der Waals surface area contributed by atoms with Crippen molar-refractivity contribution in [3.63, 3.8) is 0 Å². The van der Waals surface area contributed by atoms with Crippen LogP contribution < -0.4 is 10.1 Å². The highest BCUT2D eigenvalue weighted by atomic mass is 16.6. The number of nitro groups is 1. The summed E-state index contributed by atoms with van der Waals surface area (Å²) >= 11 is 0. The third-order valence-electron chi connectivity index (χ3n) is 2.57. The zero-order valence-electron chi connectivity index (χ0n) is 12.2. The highest BCUT2D eigenvalue weighted by molar-refractivity contribution is 5.96. The Balaban J connectivity index is 3.07. The van der Waals surface area contributed by atoms with Gasteiger partial charge in [0.05, 0.1) is 17.2 Å². The highest BCUT2D eigenvalue weighted by Gasteiger charge is 2.23. The van der Waals surface area contributed by atoms with Crippen molar-refractivity contribution in [3.05, 3.63) is 28.3 Å². The molecule has 6 heteroatoms. The number of rotatable bonds is 5. The molecule has 0 bridgehead atoms. The smallest absolute Gasteiger partial charge is 0.271 e. The van der Waals surface area contributed by atoms with E-state index in [1.54, 1.807) is 20.8 Å². The molecule has 0 spiro atoms. The summed E-state index contributed by atoms with van der Waals surface area (Å²) in [4.78, 5) is 22.3. The van der Waals surface area contributed by atoms with Crippen LogP contribution in [-0.4, -0.2) is 17.4 Å². The monoisotopic (exact) mass is 280 g/mol. The molecule has 0 radical (unpaired) electrons. The topological polar surface area (TPSA) is 81.5 Å². The van der Waals surface area contributed by atoms with E-state index < -0.39 is 10.3 Å². The normalized spacial score (nSPS) is 11.0. The molecule has 0 heterocycles. The van der Waals surface area contributed by atoms with Crippen LogP contribution in [0.5, 0.6) is 5.75 Å². The number of benzene rings is 1. The van der Waals surface area contributed by atoms with Crippen LogP contribution in [0.1, 0.15) is 34.1 Å². The summed E-state index contributed by atoms with van der Waals surface area (Å²) < 4.78 is 5.50. The molecule has 1 aromatic rings. The first-order valence-corrected chi connectivity index (χ1v) is 6.48. The third-order valence-corrected chi connectivity index (χ3v) is 2.57. The summed E-state index contributed by atoms with van der Waals surface area (Å²) in [6.07, 6.45) is 0.809. The molecule has 1 amide bonds. The van der Waals surface area contributed by atoms with Gasteiger partial charge < -0.3 is 10.1 Å².